The molecule has 0 spiro atoms. The fourth-order valence-electron chi connectivity index (χ4n) is 2.33. The van der Waals surface area contributed by atoms with Crippen LogP contribution in [0, 0.1) is 5.82 Å². The lowest BCUT2D eigenvalue weighted by Crippen LogP contribution is -2.34. The van der Waals surface area contributed by atoms with E-state index >= 15 is 0 Å². The third-order valence-electron chi connectivity index (χ3n) is 3.28. The molecule has 3 nitrogen and oxygen atoms in total. The van der Waals surface area contributed by atoms with E-state index < -0.39 is 5.82 Å². The van der Waals surface area contributed by atoms with E-state index in [9.17, 15) is 9.18 Å². The van der Waals surface area contributed by atoms with Crippen LogP contribution >= 0.6 is 11.6 Å². The van der Waals surface area contributed by atoms with Crippen molar-refractivity contribution in [3.8, 4) is 0 Å². The predicted molar refractivity (Wildman–Crippen MR) is 74.9 cm³/mol. The fourth-order valence-corrected chi connectivity index (χ4v) is 2.55. The van der Waals surface area contributed by atoms with Crippen LogP contribution < -0.4 is 10.6 Å². The summed E-state index contributed by atoms with van der Waals surface area (Å²) in [5.41, 5.74) is 0.409. The number of nitrogens with one attached hydrogen (secondary N) is 2. The first kappa shape index (κ1) is 14.3. The van der Waals surface area contributed by atoms with Gasteiger partial charge in [0, 0.05) is 23.2 Å². The van der Waals surface area contributed by atoms with Crippen molar-refractivity contribution in [1.29, 1.82) is 0 Å². The minimum atomic E-state index is -0.447. The summed E-state index contributed by atoms with van der Waals surface area (Å²) in [6, 6.07) is 4.45. The normalized spacial score (nSPS) is 19.2. The predicted octanol–water partition coefficient (Wildman–Crippen LogP) is 3.34. The van der Waals surface area contributed by atoms with Gasteiger partial charge in [-0.3, -0.25) is 4.79 Å². The minimum Gasteiger partial charge on any atom is -0.326 e. The van der Waals surface area contributed by atoms with Crippen molar-refractivity contribution < 1.29 is 9.18 Å². The van der Waals surface area contributed by atoms with Crippen molar-refractivity contribution in [2.24, 2.45) is 0 Å². The smallest absolute Gasteiger partial charge is 0.224 e. The van der Waals surface area contributed by atoms with Crippen molar-refractivity contribution in [2.45, 2.75) is 38.1 Å². The summed E-state index contributed by atoms with van der Waals surface area (Å²) < 4.78 is 13.1. The highest BCUT2D eigenvalue weighted by molar-refractivity contribution is 6.30. The molecule has 1 unspecified atom stereocenters. The lowest BCUT2D eigenvalue weighted by Gasteiger charge is -2.23. The molecular weight excluding hydrogens is 267 g/mol. The second-order valence-corrected chi connectivity index (χ2v) is 5.33. The fraction of sp³-hybridized carbons (Fsp3) is 0.500. The molecule has 1 heterocycles. The van der Waals surface area contributed by atoms with Crippen LogP contribution in [0.1, 0.15) is 32.1 Å². The highest BCUT2D eigenvalue weighted by atomic mass is 35.5. The molecule has 19 heavy (non-hydrogen) atoms. The van der Waals surface area contributed by atoms with E-state index in [0.717, 1.165) is 19.4 Å². The molecule has 104 valence electrons. The van der Waals surface area contributed by atoms with E-state index in [2.05, 4.69) is 10.6 Å². The van der Waals surface area contributed by atoms with Crippen LogP contribution in [-0.2, 0) is 4.79 Å². The Kier molecular flexibility index (Phi) is 5.16. The second-order valence-electron chi connectivity index (χ2n) is 4.89. The lowest BCUT2D eigenvalue weighted by atomic mass is 10.0. The summed E-state index contributed by atoms with van der Waals surface area (Å²) in [4.78, 5) is 11.8. The molecule has 0 radical (unpaired) electrons. The monoisotopic (exact) mass is 284 g/mol. The Hall–Kier alpha value is -1.13. The number of anilines is 1. The first-order valence-electron chi connectivity index (χ1n) is 6.63. The molecule has 1 atom stereocenters. The third-order valence-corrected chi connectivity index (χ3v) is 3.50. The van der Waals surface area contributed by atoms with Gasteiger partial charge in [-0.1, -0.05) is 18.0 Å². The van der Waals surface area contributed by atoms with Gasteiger partial charge >= 0.3 is 0 Å². The van der Waals surface area contributed by atoms with Crippen LogP contribution in [0.5, 0.6) is 0 Å². The zero-order chi connectivity index (χ0) is 13.7. The van der Waals surface area contributed by atoms with Gasteiger partial charge in [0.2, 0.25) is 5.91 Å². The van der Waals surface area contributed by atoms with Gasteiger partial charge in [-0.2, -0.15) is 0 Å². The SMILES string of the molecule is O=C(CCC1CCCCN1)Nc1cc(F)cc(Cl)c1. The van der Waals surface area contributed by atoms with Crippen molar-refractivity contribution in [3.05, 3.63) is 29.0 Å². The number of hydrogen-bond acceptors (Lipinski definition) is 2. The quantitative estimate of drug-likeness (QED) is 0.890. The first-order chi connectivity index (χ1) is 9.13. The van der Waals surface area contributed by atoms with Gasteiger partial charge in [-0.25, -0.2) is 4.39 Å². The number of piperidine rings is 1. The van der Waals surface area contributed by atoms with Crippen LogP contribution in [0.15, 0.2) is 18.2 Å². The molecule has 1 saturated heterocycles. The Morgan fingerprint density at radius 2 is 2.26 bits per heavy atom. The van der Waals surface area contributed by atoms with Crippen LogP contribution in [-0.4, -0.2) is 18.5 Å². The van der Waals surface area contributed by atoms with E-state index in [1.807, 2.05) is 0 Å². The van der Waals surface area contributed by atoms with Crippen molar-refractivity contribution in [2.75, 3.05) is 11.9 Å². The Morgan fingerprint density at radius 3 is 2.95 bits per heavy atom. The minimum absolute atomic E-state index is 0.103. The summed E-state index contributed by atoms with van der Waals surface area (Å²) in [6.07, 6.45) is 4.81. The Bertz CT molecular complexity index is 427. The van der Waals surface area contributed by atoms with Crippen LogP contribution in [0.25, 0.3) is 0 Å². The van der Waals surface area contributed by atoms with Crippen LogP contribution in [0.3, 0.4) is 0 Å². The van der Waals surface area contributed by atoms with Crippen molar-refractivity contribution in [1.82, 2.24) is 5.32 Å². The van der Waals surface area contributed by atoms with Crippen LogP contribution in [0.4, 0.5) is 10.1 Å². The maximum absolute atomic E-state index is 13.1. The molecule has 5 heteroatoms. The summed E-state index contributed by atoms with van der Waals surface area (Å²) in [7, 11) is 0. The lowest BCUT2D eigenvalue weighted by molar-refractivity contribution is -0.116. The summed E-state index contributed by atoms with van der Waals surface area (Å²) >= 11 is 5.73. The number of amides is 1. The van der Waals surface area contributed by atoms with Gasteiger partial charge in [0.05, 0.1) is 0 Å². The van der Waals surface area contributed by atoms with E-state index in [1.165, 1.54) is 25.0 Å². The van der Waals surface area contributed by atoms with Crippen molar-refractivity contribution in [3.63, 3.8) is 0 Å². The number of hydrogen-bond donors (Lipinski definition) is 2. The zero-order valence-electron chi connectivity index (χ0n) is 10.7. The van der Waals surface area contributed by atoms with Crippen molar-refractivity contribution >= 4 is 23.2 Å². The first-order valence-corrected chi connectivity index (χ1v) is 7.00. The summed E-state index contributed by atoms with van der Waals surface area (Å²) in [5.74, 6) is -0.550. The zero-order valence-corrected chi connectivity index (χ0v) is 11.5. The standard InChI is InChI=1S/C14H18ClFN2O/c15-10-7-11(16)9-13(8-10)18-14(19)5-4-12-3-1-2-6-17-12/h7-9,12,17H,1-6H2,(H,18,19). The molecule has 2 rings (SSSR count). The highest BCUT2D eigenvalue weighted by Gasteiger charge is 2.14. The molecule has 1 aliphatic heterocycles. The molecular formula is C14H18ClFN2O. The van der Waals surface area contributed by atoms with Gasteiger partial charge < -0.3 is 10.6 Å². The molecule has 1 amide bonds. The van der Waals surface area contributed by atoms with Gasteiger partial charge in [-0.05, 0) is 44.0 Å². The molecule has 0 aliphatic carbocycles. The average molecular weight is 285 g/mol. The molecule has 0 aromatic heterocycles. The molecule has 0 saturated carbocycles. The molecule has 1 aromatic rings. The molecule has 1 aromatic carbocycles. The second kappa shape index (κ2) is 6.87. The van der Waals surface area contributed by atoms with E-state index in [-0.39, 0.29) is 10.9 Å². The highest BCUT2D eigenvalue weighted by Crippen LogP contribution is 2.19. The van der Waals surface area contributed by atoms with Gasteiger partial charge in [0.1, 0.15) is 5.82 Å². The molecule has 1 aliphatic rings. The van der Waals surface area contributed by atoms with Gasteiger partial charge in [0.25, 0.3) is 0 Å². The number of benzene rings is 1. The van der Waals surface area contributed by atoms with Crippen LogP contribution in [0.2, 0.25) is 5.02 Å². The number of rotatable bonds is 4. The summed E-state index contributed by atoms with van der Waals surface area (Å²) in [5, 5.41) is 6.35. The number of carbonyl (C=O) groups is 1. The Morgan fingerprint density at radius 1 is 1.42 bits per heavy atom. The van der Waals surface area contributed by atoms with E-state index in [4.69, 9.17) is 11.6 Å². The van der Waals surface area contributed by atoms with Gasteiger partial charge in [0.15, 0.2) is 0 Å². The topological polar surface area (TPSA) is 41.1 Å². The molecule has 1 fully saturated rings. The largest absolute Gasteiger partial charge is 0.326 e. The summed E-state index contributed by atoms with van der Waals surface area (Å²) in [6.45, 7) is 1.03. The Labute approximate surface area is 117 Å². The number of carbonyl (C=O) groups excluding carboxylic acids is 1. The van der Waals surface area contributed by atoms with Gasteiger partial charge in [-0.15, -0.1) is 0 Å². The average Bonchev–Trinajstić information content (AvgIpc) is 2.36. The third kappa shape index (κ3) is 4.80. The molecule has 2 N–H and O–H groups in total. The van der Waals surface area contributed by atoms with E-state index in [1.54, 1.807) is 6.07 Å². The number of halogens is 2. The van der Waals surface area contributed by atoms with E-state index in [0.29, 0.717) is 18.2 Å². The Balaban J connectivity index is 1.80. The molecule has 0 bridgehead atoms. The maximum atomic E-state index is 13.1. The maximum Gasteiger partial charge on any atom is 0.224 e.